The Balaban J connectivity index is 1.62. The molecule has 1 heterocycles. The molecule has 0 saturated heterocycles. The van der Waals surface area contributed by atoms with Crippen molar-refractivity contribution in [2.75, 3.05) is 26.1 Å². The number of benzene rings is 2. The monoisotopic (exact) mass is 395 g/mol. The van der Waals surface area contributed by atoms with E-state index in [4.69, 9.17) is 9.47 Å². The Bertz CT molecular complexity index is 748. The van der Waals surface area contributed by atoms with Crippen LogP contribution in [0.5, 0.6) is 0 Å². The molecule has 3 nitrogen and oxygen atoms in total. The number of aliphatic imine (C=N–C) groups is 1. The molecule has 0 bridgehead atoms. The number of hydrogen-bond acceptors (Lipinski definition) is 5. The van der Waals surface area contributed by atoms with E-state index >= 15 is 0 Å². The van der Waals surface area contributed by atoms with E-state index in [0.29, 0.717) is 0 Å². The number of halogens is 2. The van der Waals surface area contributed by atoms with Gasteiger partial charge in [-0.05, 0) is 23.3 Å². The molecule has 26 heavy (non-hydrogen) atoms. The Morgan fingerprint density at radius 3 is 2.54 bits per heavy atom. The first-order valence-corrected chi connectivity index (χ1v) is 10.6. The van der Waals surface area contributed by atoms with Crippen LogP contribution >= 0.6 is 21.6 Å². The highest BCUT2D eigenvalue weighted by atomic mass is 33.1. The molecule has 138 valence electrons. The van der Waals surface area contributed by atoms with Gasteiger partial charge in [0.2, 0.25) is 5.90 Å². The third kappa shape index (κ3) is 4.78. The normalized spacial score (nSPS) is 16.4. The van der Waals surface area contributed by atoms with Crippen LogP contribution in [0.2, 0.25) is 0 Å². The fourth-order valence-electron chi connectivity index (χ4n) is 2.51. The van der Waals surface area contributed by atoms with E-state index in [1.165, 1.54) is 23.8 Å². The van der Waals surface area contributed by atoms with Crippen LogP contribution in [0.1, 0.15) is 22.7 Å². The van der Waals surface area contributed by atoms with Crippen LogP contribution in [0.25, 0.3) is 0 Å². The maximum atomic E-state index is 13.9. The van der Waals surface area contributed by atoms with Gasteiger partial charge in [-0.2, -0.15) is 0 Å². The van der Waals surface area contributed by atoms with Crippen molar-refractivity contribution in [2.24, 2.45) is 4.99 Å². The lowest BCUT2D eigenvalue weighted by Gasteiger charge is -2.07. The van der Waals surface area contributed by atoms with Gasteiger partial charge in [-0.3, -0.25) is 0 Å². The summed E-state index contributed by atoms with van der Waals surface area (Å²) in [6, 6.07) is 11.6. The third-order valence-corrected chi connectivity index (χ3v) is 6.18. The second-order valence-corrected chi connectivity index (χ2v) is 8.26. The lowest BCUT2D eigenvalue weighted by atomic mass is 10.1. The quantitative estimate of drug-likeness (QED) is 0.464. The smallest absolute Gasteiger partial charge is 0.222 e. The van der Waals surface area contributed by atoms with Gasteiger partial charge in [0.15, 0.2) is 0 Å². The SMILES string of the molecule is COCCSSCc1ccc(C2COC(c3c(F)cccc3F)=N2)cc1. The Morgan fingerprint density at radius 1 is 1.12 bits per heavy atom. The van der Waals surface area contributed by atoms with E-state index < -0.39 is 11.6 Å². The summed E-state index contributed by atoms with van der Waals surface area (Å²) in [6.07, 6.45) is 0. The van der Waals surface area contributed by atoms with Gasteiger partial charge in [0.1, 0.15) is 29.8 Å². The molecule has 1 atom stereocenters. The molecule has 0 radical (unpaired) electrons. The van der Waals surface area contributed by atoms with E-state index in [9.17, 15) is 8.78 Å². The Hall–Kier alpha value is -1.57. The van der Waals surface area contributed by atoms with E-state index in [-0.39, 0.29) is 24.1 Å². The zero-order valence-electron chi connectivity index (χ0n) is 14.3. The number of rotatable bonds is 8. The molecule has 2 aromatic rings. The fourth-order valence-corrected chi connectivity index (χ4v) is 4.49. The van der Waals surface area contributed by atoms with Crippen molar-refractivity contribution in [3.63, 3.8) is 0 Å². The summed E-state index contributed by atoms with van der Waals surface area (Å²) in [5.41, 5.74) is 1.99. The van der Waals surface area contributed by atoms with Gasteiger partial charge in [-0.1, -0.05) is 51.9 Å². The number of ether oxygens (including phenoxy) is 2. The van der Waals surface area contributed by atoms with Crippen molar-refractivity contribution in [2.45, 2.75) is 11.8 Å². The summed E-state index contributed by atoms with van der Waals surface area (Å²) in [7, 11) is 5.27. The second-order valence-electron chi connectivity index (χ2n) is 5.68. The van der Waals surface area contributed by atoms with Crippen LogP contribution in [-0.4, -0.2) is 32.0 Å². The average molecular weight is 395 g/mol. The molecule has 7 heteroatoms. The first-order valence-electron chi connectivity index (χ1n) is 8.16. The van der Waals surface area contributed by atoms with Crippen molar-refractivity contribution in [3.8, 4) is 0 Å². The predicted octanol–water partition coefficient (Wildman–Crippen LogP) is 5.01. The van der Waals surface area contributed by atoms with Crippen molar-refractivity contribution < 1.29 is 18.3 Å². The Labute approximate surface area is 159 Å². The largest absolute Gasteiger partial charge is 0.475 e. The molecule has 2 aromatic carbocycles. The fraction of sp³-hybridized carbons (Fsp3) is 0.316. The molecule has 0 saturated carbocycles. The highest BCUT2D eigenvalue weighted by Gasteiger charge is 2.26. The molecule has 0 fully saturated rings. The Morgan fingerprint density at radius 2 is 1.85 bits per heavy atom. The minimum Gasteiger partial charge on any atom is -0.475 e. The van der Waals surface area contributed by atoms with Gasteiger partial charge >= 0.3 is 0 Å². The molecule has 1 aliphatic rings. The summed E-state index contributed by atoms with van der Waals surface area (Å²) in [5.74, 6) is 0.568. The van der Waals surface area contributed by atoms with Crippen molar-refractivity contribution in [3.05, 3.63) is 70.8 Å². The maximum Gasteiger partial charge on any atom is 0.222 e. The maximum absolute atomic E-state index is 13.9. The van der Waals surface area contributed by atoms with Crippen molar-refractivity contribution in [1.29, 1.82) is 0 Å². The molecule has 0 N–H and O–H groups in total. The number of nitrogens with zero attached hydrogens (tertiary/aromatic N) is 1. The molecule has 1 unspecified atom stereocenters. The van der Waals surface area contributed by atoms with Crippen LogP contribution in [0.3, 0.4) is 0 Å². The van der Waals surface area contributed by atoms with Gasteiger partial charge < -0.3 is 9.47 Å². The summed E-state index contributed by atoms with van der Waals surface area (Å²) in [4.78, 5) is 4.37. The van der Waals surface area contributed by atoms with Crippen molar-refractivity contribution >= 4 is 27.5 Å². The minimum atomic E-state index is -0.664. The van der Waals surface area contributed by atoms with E-state index in [2.05, 4.69) is 17.1 Å². The number of methoxy groups -OCH3 is 1. The van der Waals surface area contributed by atoms with Crippen molar-refractivity contribution in [1.82, 2.24) is 0 Å². The summed E-state index contributed by atoms with van der Waals surface area (Å²) in [6.45, 7) is 1.03. The zero-order valence-corrected chi connectivity index (χ0v) is 15.9. The lowest BCUT2D eigenvalue weighted by molar-refractivity contribution is 0.219. The molecule has 0 aliphatic carbocycles. The molecular weight excluding hydrogens is 376 g/mol. The molecule has 0 spiro atoms. The second kappa shape index (κ2) is 9.39. The van der Waals surface area contributed by atoms with Gasteiger partial charge in [0, 0.05) is 18.6 Å². The summed E-state index contributed by atoms with van der Waals surface area (Å²) >= 11 is 0. The topological polar surface area (TPSA) is 30.8 Å². The molecular formula is C19H19F2NO2S2. The molecule has 0 aromatic heterocycles. The van der Waals surface area contributed by atoms with E-state index in [0.717, 1.165) is 23.7 Å². The summed E-state index contributed by atoms with van der Waals surface area (Å²) in [5, 5.41) is 0. The van der Waals surface area contributed by atoms with Gasteiger partial charge in [0.25, 0.3) is 0 Å². The van der Waals surface area contributed by atoms with E-state index in [1.54, 1.807) is 28.7 Å². The highest BCUT2D eigenvalue weighted by Crippen LogP contribution is 2.29. The predicted molar refractivity (Wildman–Crippen MR) is 104 cm³/mol. The third-order valence-electron chi connectivity index (χ3n) is 3.87. The first kappa shape index (κ1) is 19.2. The zero-order chi connectivity index (χ0) is 18.4. The van der Waals surface area contributed by atoms with E-state index in [1.807, 2.05) is 12.1 Å². The first-order chi connectivity index (χ1) is 12.7. The Kier molecular flexibility index (Phi) is 6.93. The number of hydrogen-bond donors (Lipinski definition) is 0. The van der Waals surface area contributed by atoms with Crippen LogP contribution in [0.4, 0.5) is 8.78 Å². The van der Waals surface area contributed by atoms with Gasteiger partial charge in [-0.15, -0.1) is 0 Å². The highest BCUT2D eigenvalue weighted by molar-refractivity contribution is 8.76. The van der Waals surface area contributed by atoms with Crippen LogP contribution in [0.15, 0.2) is 47.5 Å². The average Bonchev–Trinajstić information content (AvgIpc) is 3.11. The molecule has 0 amide bonds. The molecule has 1 aliphatic heterocycles. The van der Waals surface area contributed by atoms with Gasteiger partial charge in [-0.25, -0.2) is 13.8 Å². The van der Waals surface area contributed by atoms with Crippen LogP contribution in [-0.2, 0) is 15.2 Å². The standard InChI is InChI=1S/C19H19F2NO2S2/c1-23-9-10-25-26-12-13-5-7-14(8-6-13)17-11-24-19(22-17)18-15(20)3-2-4-16(18)21/h2-8,17H,9-12H2,1H3. The molecule has 3 rings (SSSR count). The lowest BCUT2D eigenvalue weighted by Crippen LogP contribution is -2.07. The van der Waals surface area contributed by atoms with Gasteiger partial charge in [0.05, 0.1) is 6.61 Å². The van der Waals surface area contributed by atoms with Crippen LogP contribution in [0, 0.1) is 11.6 Å². The summed E-state index contributed by atoms with van der Waals surface area (Å²) < 4.78 is 38.2. The minimum absolute atomic E-state index is 0.0276. The van der Waals surface area contributed by atoms with Crippen LogP contribution < -0.4 is 0 Å².